The Morgan fingerprint density at radius 1 is 1.14 bits per heavy atom. The number of carboxylic acid groups (broad SMARTS) is 1. The Hall–Kier alpha value is -1.77. The van der Waals surface area contributed by atoms with Gasteiger partial charge in [0.15, 0.2) is 5.92 Å². The molecule has 0 radical (unpaired) electrons. The molecule has 1 unspecified atom stereocenters. The van der Waals surface area contributed by atoms with E-state index < -0.39 is 36.7 Å². The van der Waals surface area contributed by atoms with Crippen molar-refractivity contribution < 1.29 is 36.2 Å². The highest BCUT2D eigenvalue weighted by molar-refractivity contribution is 5.73. The lowest BCUT2D eigenvalue weighted by Gasteiger charge is -2.26. The molecule has 0 spiro atoms. The van der Waals surface area contributed by atoms with Gasteiger partial charge in [-0.3, -0.25) is 4.79 Å². The fraction of sp³-hybridized carbons (Fsp3) is 0.462. The van der Waals surface area contributed by atoms with Gasteiger partial charge in [-0.15, -0.1) is 0 Å². The summed E-state index contributed by atoms with van der Waals surface area (Å²) in [6.45, 7) is 6.48. The number of carboxylic acids is 1. The number of hydrogen-bond acceptors (Lipinski definition) is 2. The highest BCUT2D eigenvalue weighted by Gasteiger charge is 2.57. The molecule has 2 N–H and O–H groups in total. The summed E-state index contributed by atoms with van der Waals surface area (Å²) in [5.74, 6) is -5.52. The van der Waals surface area contributed by atoms with Crippen molar-refractivity contribution in [3.8, 4) is 0 Å². The number of carbonyl (C=O) groups is 1. The Balaban J connectivity index is 5.11. The van der Waals surface area contributed by atoms with Crippen LogP contribution in [0.1, 0.15) is 6.42 Å². The zero-order chi connectivity index (χ0) is 17.6. The first-order valence-electron chi connectivity index (χ1n) is 5.97. The van der Waals surface area contributed by atoms with Crippen LogP contribution in [0.15, 0.2) is 37.0 Å². The number of nitrogens with one attached hydrogen (secondary N) is 1. The maximum absolute atomic E-state index is 12.4. The predicted octanol–water partition coefficient (Wildman–Crippen LogP) is 3.46. The molecule has 22 heavy (non-hydrogen) atoms. The molecule has 9 heteroatoms. The summed E-state index contributed by atoms with van der Waals surface area (Å²) in [6.07, 6.45) is -8.82. The zero-order valence-electron chi connectivity index (χ0n) is 11.3. The minimum Gasteiger partial charge on any atom is -0.480 e. The van der Waals surface area contributed by atoms with E-state index in [-0.39, 0.29) is 6.54 Å². The second-order valence-electron chi connectivity index (χ2n) is 4.32. The minimum absolute atomic E-state index is 0.255. The van der Waals surface area contributed by atoms with Crippen molar-refractivity contribution in [1.82, 2.24) is 5.32 Å². The highest BCUT2D eigenvalue weighted by Crippen LogP contribution is 2.41. The van der Waals surface area contributed by atoms with Crippen molar-refractivity contribution in [3.05, 3.63) is 37.0 Å². The van der Waals surface area contributed by atoms with Crippen molar-refractivity contribution in [1.29, 1.82) is 0 Å². The molecular weight excluding hydrogens is 316 g/mol. The maximum Gasteiger partial charge on any atom is 0.400 e. The number of halogens is 6. The quantitative estimate of drug-likeness (QED) is 0.529. The average Bonchev–Trinajstić information content (AvgIpc) is 2.33. The minimum atomic E-state index is -5.58. The summed E-state index contributed by atoms with van der Waals surface area (Å²) in [6, 6.07) is -2.01. The Bertz CT molecular complexity index is 425. The van der Waals surface area contributed by atoms with Crippen LogP contribution in [0.4, 0.5) is 26.3 Å². The number of rotatable bonds is 8. The summed E-state index contributed by atoms with van der Waals surface area (Å²) in [5.41, 5.74) is 0.372. The van der Waals surface area contributed by atoms with Crippen LogP contribution in [0.3, 0.4) is 0 Å². The summed E-state index contributed by atoms with van der Waals surface area (Å²) < 4.78 is 74.7. The van der Waals surface area contributed by atoms with Crippen molar-refractivity contribution >= 4 is 5.97 Å². The first kappa shape index (κ1) is 20.2. The van der Waals surface area contributed by atoms with Gasteiger partial charge in [0.05, 0.1) is 0 Å². The van der Waals surface area contributed by atoms with Gasteiger partial charge in [0.1, 0.15) is 6.04 Å². The van der Waals surface area contributed by atoms with Gasteiger partial charge in [0.25, 0.3) is 0 Å². The molecule has 0 aromatic rings. The van der Waals surface area contributed by atoms with E-state index in [0.717, 1.165) is 0 Å². The molecule has 1 atom stereocenters. The molecule has 0 fully saturated rings. The van der Waals surface area contributed by atoms with E-state index in [2.05, 4.69) is 18.5 Å². The van der Waals surface area contributed by atoms with Gasteiger partial charge in [0.2, 0.25) is 0 Å². The molecule has 0 aliphatic carbocycles. The Labute approximate surface area is 123 Å². The number of hydrogen-bond donors (Lipinski definition) is 2. The Morgan fingerprint density at radius 3 is 1.95 bits per heavy atom. The largest absolute Gasteiger partial charge is 0.480 e. The van der Waals surface area contributed by atoms with Crippen LogP contribution in [0.5, 0.6) is 0 Å². The molecule has 126 valence electrons. The van der Waals surface area contributed by atoms with E-state index in [9.17, 15) is 31.1 Å². The smallest absolute Gasteiger partial charge is 0.400 e. The van der Waals surface area contributed by atoms with Crippen LogP contribution in [0.2, 0.25) is 0 Å². The molecule has 0 bridgehead atoms. The molecule has 0 aliphatic rings. The average molecular weight is 331 g/mol. The second-order valence-corrected chi connectivity index (χ2v) is 4.32. The fourth-order valence-corrected chi connectivity index (χ4v) is 1.55. The molecule has 3 nitrogen and oxygen atoms in total. The van der Waals surface area contributed by atoms with E-state index in [1.54, 1.807) is 0 Å². The summed E-state index contributed by atoms with van der Waals surface area (Å²) in [7, 11) is 0. The summed E-state index contributed by atoms with van der Waals surface area (Å²) in [4.78, 5) is 10.9. The number of aliphatic carboxylic acids is 1. The van der Waals surface area contributed by atoms with E-state index >= 15 is 0 Å². The van der Waals surface area contributed by atoms with Crippen molar-refractivity contribution in [3.63, 3.8) is 0 Å². The lowest BCUT2D eigenvalue weighted by atomic mass is 9.98. The lowest BCUT2D eigenvalue weighted by Crippen LogP contribution is -2.46. The molecule has 0 rings (SSSR count). The van der Waals surface area contributed by atoms with Crippen LogP contribution in [0.25, 0.3) is 0 Å². The van der Waals surface area contributed by atoms with Crippen molar-refractivity contribution in [2.24, 2.45) is 5.92 Å². The first-order valence-corrected chi connectivity index (χ1v) is 5.97. The van der Waals surface area contributed by atoms with E-state index in [1.807, 2.05) is 0 Å². The third-order valence-electron chi connectivity index (χ3n) is 2.71. The van der Waals surface area contributed by atoms with Gasteiger partial charge in [-0.2, -0.15) is 26.3 Å². The molecule has 0 heterocycles. The molecule has 0 saturated heterocycles. The third-order valence-corrected chi connectivity index (χ3v) is 2.71. The van der Waals surface area contributed by atoms with Gasteiger partial charge in [-0.05, 0) is 12.0 Å². The second kappa shape index (κ2) is 8.02. The zero-order valence-corrected chi connectivity index (χ0v) is 11.3. The number of allylic oxidation sites excluding steroid dienone is 2. The van der Waals surface area contributed by atoms with Crippen LogP contribution in [-0.2, 0) is 4.79 Å². The molecule has 0 aromatic heterocycles. The van der Waals surface area contributed by atoms with Gasteiger partial charge < -0.3 is 10.4 Å². The Kier molecular flexibility index (Phi) is 7.37. The molecule has 0 amide bonds. The fourth-order valence-electron chi connectivity index (χ4n) is 1.55. The van der Waals surface area contributed by atoms with Crippen molar-refractivity contribution in [2.45, 2.75) is 24.8 Å². The molecule has 0 aromatic carbocycles. The standard InChI is InChI=1S/C13H15F6NO2/c1-3-5-8(4-2)7-20-9(11(21)22)6-10(12(14,15)16)13(17,18)19/h3-5,9-10,20H,1-2,6-7H2,(H,21,22)/b8-5+. The van der Waals surface area contributed by atoms with E-state index in [0.29, 0.717) is 5.57 Å². The molecular formula is C13H15F6NO2. The Morgan fingerprint density at radius 2 is 1.64 bits per heavy atom. The summed E-state index contributed by atoms with van der Waals surface area (Å²) in [5, 5.41) is 10.9. The SMILES string of the molecule is C=C/C=C(\C=C)CNC(CC(C(F)(F)F)C(F)(F)F)C(=O)O. The topological polar surface area (TPSA) is 49.3 Å². The lowest BCUT2D eigenvalue weighted by molar-refractivity contribution is -0.286. The highest BCUT2D eigenvalue weighted by atomic mass is 19.4. The third kappa shape index (κ3) is 6.79. The van der Waals surface area contributed by atoms with Crippen molar-refractivity contribution in [2.75, 3.05) is 6.54 Å². The number of alkyl halides is 6. The van der Waals surface area contributed by atoms with Crippen LogP contribution >= 0.6 is 0 Å². The molecule has 0 saturated carbocycles. The summed E-state index contributed by atoms with van der Waals surface area (Å²) >= 11 is 0. The van der Waals surface area contributed by atoms with Gasteiger partial charge in [-0.1, -0.05) is 31.4 Å². The van der Waals surface area contributed by atoms with Crippen LogP contribution in [-0.4, -0.2) is 36.0 Å². The maximum atomic E-state index is 12.4. The van der Waals surface area contributed by atoms with Crippen LogP contribution in [0, 0.1) is 5.92 Å². The predicted molar refractivity (Wildman–Crippen MR) is 68.1 cm³/mol. The van der Waals surface area contributed by atoms with E-state index in [4.69, 9.17) is 5.11 Å². The van der Waals surface area contributed by atoms with Crippen LogP contribution < -0.4 is 5.32 Å². The van der Waals surface area contributed by atoms with Gasteiger partial charge >= 0.3 is 18.3 Å². The first-order chi connectivity index (χ1) is 9.93. The van der Waals surface area contributed by atoms with E-state index in [1.165, 1.54) is 18.2 Å². The van der Waals surface area contributed by atoms with Gasteiger partial charge in [-0.25, -0.2) is 0 Å². The monoisotopic (exact) mass is 331 g/mol. The normalized spacial score (nSPS) is 14.8. The van der Waals surface area contributed by atoms with Gasteiger partial charge in [0, 0.05) is 6.54 Å². The molecule has 0 aliphatic heterocycles.